The third-order valence-corrected chi connectivity index (χ3v) is 3.88. The molecular formula is C13H13N3O2S. The summed E-state index contributed by atoms with van der Waals surface area (Å²) in [5.74, 6) is 0.887. The fourth-order valence-corrected chi connectivity index (χ4v) is 3.04. The summed E-state index contributed by atoms with van der Waals surface area (Å²) < 4.78 is 0. The van der Waals surface area contributed by atoms with Crippen molar-refractivity contribution in [2.24, 2.45) is 0 Å². The Morgan fingerprint density at radius 3 is 2.68 bits per heavy atom. The van der Waals surface area contributed by atoms with E-state index in [0.29, 0.717) is 22.9 Å². The normalized spacial score (nSPS) is 17.9. The zero-order valence-corrected chi connectivity index (χ0v) is 11.2. The second-order valence-electron chi connectivity index (χ2n) is 4.18. The van der Waals surface area contributed by atoms with Crippen molar-refractivity contribution in [2.75, 3.05) is 16.9 Å². The predicted octanol–water partition coefficient (Wildman–Crippen LogP) is 1.42. The third-order valence-electron chi connectivity index (χ3n) is 2.87. The van der Waals surface area contributed by atoms with Crippen LogP contribution in [0.5, 0.6) is 0 Å². The molecule has 1 saturated heterocycles. The lowest BCUT2D eigenvalue weighted by atomic mass is 10.2. The molecular weight excluding hydrogens is 262 g/mol. The van der Waals surface area contributed by atoms with Gasteiger partial charge in [-0.05, 0) is 24.3 Å². The second kappa shape index (κ2) is 5.76. The highest BCUT2D eigenvalue weighted by atomic mass is 32.2. The average Bonchev–Trinajstić information content (AvgIpc) is 2.89. The van der Waals surface area contributed by atoms with Gasteiger partial charge in [-0.25, -0.2) is 0 Å². The summed E-state index contributed by atoms with van der Waals surface area (Å²) in [5, 5.41) is 11.5. The molecule has 98 valence electrons. The van der Waals surface area contributed by atoms with Crippen LogP contribution in [0.3, 0.4) is 0 Å². The third kappa shape index (κ3) is 3.06. The van der Waals surface area contributed by atoms with Crippen molar-refractivity contribution in [3.8, 4) is 6.07 Å². The summed E-state index contributed by atoms with van der Waals surface area (Å²) >= 11 is 1.56. The quantitative estimate of drug-likeness (QED) is 0.886. The average molecular weight is 275 g/mol. The smallest absolute Gasteiger partial charge is 0.248 e. The Kier molecular flexibility index (Phi) is 4.07. The summed E-state index contributed by atoms with van der Waals surface area (Å²) in [5.41, 5.74) is 1.17. The molecule has 19 heavy (non-hydrogen) atoms. The molecule has 1 N–H and O–H groups in total. The molecule has 1 atom stereocenters. The first-order valence-electron chi connectivity index (χ1n) is 5.78. The first-order chi connectivity index (χ1) is 9.11. The first-order valence-corrected chi connectivity index (χ1v) is 6.93. The van der Waals surface area contributed by atoms with E-state index in [1.807, 2.05) is 6.07 Å². The molecule has 1 fully saturated rings. The van der Waals surface area contributed by atoms with Crippen molar-refractivity contribution in [1.29, 1.82) is 5.26 Å². The number of benzene rings is 1. The maximum atomic E-state index is 12.1. The van der Waals surface area contributed by atoms with E-state index >= 15 is 0 Å². The highest BCUT2D eigenvalue weighted by Gasteiger charge is 2.32. The molecule has 6 heteroatoms. The van der Waals surface area contributed by atoms with Crippen LogP contribution in [0.15, 0.2) is 24.3 Å². The van der Waals surface area contributed by atoms with Gasteiger partial charge >= 0.3 is 0 Å². The van der Waals surface area contributed by atoms with Crippen molar-refractivity contribution in [2.45, 2.75) is 13.0 Å². The zero-order chi connectivity index (χ0) is 13.8. The van der Waals surface area contributed by atoms with Crippen LogP contribution in [0.1, 0.15) is 12.5 Å². The predicted molar refractivity (Wildman–Crippen MR) is 73.4 cm³/mol. The first kappa shape index (κ1) is 13.4. The molecule has 0 unspecified atom stereocenters. The van der Waals surface area contributed by atoms with Crippen molar-refractivity contribution >= 4 is 29.3 Å². The Balaban J connectivity index is 2.04. The lowest BCUT2D eigenvalue weighted by Crippen LogP contribution is -2.43. The molecule has 5 nitrogen and oxygen atoms in total. The van der Waals surface area contributed by atoms with Crippen LogP contribution in [0, 0.1) is 11.3 Å². The van der Waals surface area contributed by atoms with Gasteiger partial charge in [0.1, 0.15) is 6.04 Å². The van der Waals surface area contributed by atoms with Gasteiger partial charge in [0.25, 0.3) is 0 Å². The lowest BCUT2D eigenvalue weighted by molar-refractivity contribution is -0.134. The van der Waals surface area contributed by atoms with E-state index in [2.05, 4.69) is 5.32 Å². The molecule has 1 heterocycles. The summed E-state index contributed by atoms with van der Waals surface area (Å²) in [6, 6.07) is 8.23. The molecule has 1 aromatic carbocycles. The fourth-order valence-electron chi connectivity index (χ4n) is 1.82. The van der Waals surface area contributed by atoms with Crippen LogP contribution >= 0.6 is 11.8 Å². The number of nitrogens with zero attached hydrogens (tertiary/aromatic N) is 2. The Hall–Kier alpha value is -2.00. The van der Waals surface area contributed by atoms with E-state index in [9.17, 15) is 9.59 Å². The van der Waals surface area contributed by atoms with Crippen LogP contribution in [-0.2, 0) is 9.59 Å². The van der Waals surface area contributed by atoms with Crippen molar-refractivity contribution < 1.29 is 9.59 Å². The minimum atomic E-state index is -0.418. The molecule has 1 aromatic rings. The number of nitrogens with one attached hydrogen (secondary N) is 1. The molecule has 2 rings (SSSR count). The van der Waals surface area contributed by atoms with Gasteiger partial charge in [-0.1, -0.05) is 0 Å². The van der Waals surface area contributed by atoms with Crippen molar-refractivity contribution in [1.82, 2.24) is 4.90 Å². The van der Waals surface area contributed by atoms with Crippen LogP contribution < -0.4 is 5.32 Å². The summed E-state index contributed by atoms with van der Waals surface area (Å²) in [7, 11) is 0. The number of nitriles is 1. The number of thioether (sulfide) groups is 1. The Morgan fingerprint density at radius 1 is 1.42 bits per heavy atom. The van der Waals surface area contributed by atoms with Crippen LogP contribution in [0.2, 0.25) is 0 Å². The molecule has 1 aliphatic rings. The molecule has 0 aliphatic carbocycles. The van der Waals surface area contributed by atoms with E-state index in [1.54, 1.807) is 40.9 Å². The molecule has 1 aliphatic heterocycles. The van der Waals surface area contributed by atoms with Gasteiger partial charge in [-0.15, -0.1) is 11.8 Å². The largest absolute Gasteiger partial charge is 0.324 e. The maximum Gasteiger partial charge on any atom is 0.248 e. The number of carbonyl (C=O) groups is 2. The molecule has 2 amide bonds. The molecule has 0 aromatic heterocycles. The fraction of sp³-hybridized carbons (Fsp3) is 0.308. The van der Waals surface area contributed by atoms with Gasteiger partial charge < -0.3 is 10.2 Å². The maximum absolute atomic E-state index is 12.1. The molecule has 0 spiro atoms. The summed E-state index contributed by atoms with van der Waals surface area (Å²) in [6.45, 7) is 1.47. The van der Waals surface area contributed by atoms with Gasteiger partial charge in [-0.2, -0.15) is 5.26 Å². The number of amides is 2. The van der Waals surface area contributed by atoms with Crippen LogP contribution in [-0.4, -0.2) is 34.4 Å². The van der Waals surface area contributed by atoms with E-state index in [0.717, 1.165) is 0 Å². The minimum absolute atomic E-state index is 0.0926. The monoisotopic (exact) mass is 275 g/mol. The van der Waals surface area contributed by atoms with Crippen molar-refractivity contribution in [3.63, 3.8) is 0 Å². The number of anilines is 1. The number of carbonyl (C=O) groups excluding carboxylic acids is 2. The standard InChI is InChI=1S/C13H13N3O2S/c1-9(17)16-8-19-7-12(16)13(18)15-11-4-2-10(6-14)3-5-11/h2-5,12H,7-8H2,1H3,(H,15,18)/t12-/m0/s1. The number of hydrogen-bond donors (Lipinski definition) is 1. The van der Waals surface area contributed by atoms with E-state index in [4.69, 9.17) is 5.26 Å². The minimum Gasteiger partial charge on any atom is -0.324 e. The molecule has 0 bridgehead atoms. The van der Waals surface area contributed by atoms with Gasteiger partial charge in [0.2, 0.25) is 11.8 Å². The van der Waals surface area contributed by atoms with Crippen LogP contribution in [0.4, 0.5) is 5.69 Å². The van der Waals surface area contributed by atoms with Gasteiger partial charge in [-0.3, -0.25) is 9.59 Å². The van der Waals surface area contributed by atoms with E-state index < -0.39 is 6.04 Å². The lowest BCUT2D eigenvalue weighted by Gasteiger charge is -2.21. The highest BCUT2D eigenvalue weighted by Crippen LogP contribution is 2.22. The zero-order valence-electron chi connectivity index (χ0n) is 10.4. The summed E-state index contributed by atoms with van der Waals surface area (Å²) in [4.78, 5) is 25.1. The molecule has 0 radical (unpaired) electrons. The Bertz CT molecular complexity index is 536. The van der Waals surface area contributed by atoms with E-state index in [-0.39, 0.29) is 11.8 Å². The van der Waals surface area contributed by atoms with Crippen LogP contribution in [0.25, 0.3) is 0 Å². The Labute approximate surface area is 115 Å². The van der Waals surface area contributed by atoms with E-state index in [1.165, 1.54) is 6.92 Å². The van der Waals surface area contributed by atoms with Gasteiger partial charge in [0.05, 0.1) is 17.5 Å². The second-order valence-corrected chi connectivity index (χ2v) is 5.18. The molecule has 0 saturated carbocycles. The van der Waals surface area contributed by atoms with Gasteiger partial charge in [0, 0.05) is 18.4 Å². The van der Waals surface area contributed by atoms with Crippen molar-refractivity contribution in [3.05, 3.63) is 29.8 Å². The highest BCUT2D eigenvalue weighted by molar-refractivity contribution is 7.99. The topological polar surface area (TPSA) is 73.2 Å². The number of rotatable bonds is 2. The SMILES string of the molecule is CC(=O)N1CSC[C@H]1C(=O)Nc1ccc(C#N)cc1. The number of hydrogen-bond acceptors (Lipinski definition) is 4. The summed E-state index contributed by atoms with van der Waals surface area (Å²) in [6.07, 6.45) is 0. The van der Waals surface area contributed by atoms with Gasteiger partial charge in [0.15, 0.2) is 0 Å². The Morgan fingerprint density at radius 2 is 2.11 bits per heavy atom.